The highest BCUT2D eigenvalue weighted by atomic mass is 32.2. The highest BCUT2D eigenvalue weighted by molar-refractivity contribution is 7.99. The van der Waals surface area contributed by atoms with E-state index in [1.54, 1.807) is 0 Å². The van der Waals surface area contributed by atoms with E-state index < -0.39 is 0 Å². The lowest BCUT2D eigenvalue weighted by molar-refractivity contribution is -0.360. The van der Waals surface area contributed by atoms with Gasteiger partial charge in [0.15, 0.2) is 5.16 Å². The van der Waals surface area contributed by atoms with Crippen molar-refractivity contribution in [2.24, 2.45) is 0 Å². The molecule has 0 aromatic carbocycles. The van der Waals surface area contributed by atoms with Crippen LogP contribution in [-0.4, -0.2) is 22.3 Å². The molecule has 60 valence electrons. The number of hydrogen-bond acceptors (Lipinski definition) is 4. The van der Waals surface area contributed by atoms with Gasteiger partial charge in [0, 0.05) is 6.20 Å². The third-order valence-corrected chi connectivity index (χ3v) is 1.93. The first-order valence-corrected chi connectivity index (χ1v) is 4.23. The van der Waals surface area contributed by atoms with Crippen LogP contribution in [0.5, 0.6) is 5.88 Å². The fraction of sp³-hybridized carbons (Fsp3) is 0.333. The summed E-state index contributed by atoms with van der Waals surface area (Å²) in [5, 5.41) is 11.2. The van der Waals surface area contributed by atoms with Crippen LogP contribution in [0.15, 0.2) is 17.4 Å². The molecule has 0 aliphatic rings. The molecule has 1 aromatic rings. The molecule has 0 unspecified atom stereocenters. The number of nitrogens with zero attached hydrogens (tertiary/aromatic N) is 2. The Bertz CT molecular complexity index is 231. The van der Waals surface area contributed by atoms with E-state index in [1.807, 2.05) is 0 Å². The third kappa shape index (κ3) is 2.73. The van der Waals surface area contributed by atoms with Gasteiger partial charge in [0.25, 0.3) is 0 Å². The minimum atomic E-state index is -0.230. The second-order valence-corrected chi connectivity index (χ2v) is 2.94. The van der Waals surface area contributed by atoms with E-state index in [9.17, 15) is 5.11 Å². The Hall–Kier alpha value is -0.810. The molecule has 0 saturated carbocycles. The van der Waals surface area contributed by atoms with Crippen LogP contribution in [-0.2, 0) is 0 Å². The summed E-state index contributed by atoms with van der Waals surface area (Å²) in [6.07, 6.45) is 1.47. The molecule has 0 amide bonds. The zero-order chi connectivity index (χ0) is 8.10. The first-order valence-electron chi connectivity index (χ1n) is 3.25. The van der Waals surface area contributed by atoms with Crippen molar-refractivity contribution in [3.63, 3.8) is 0 Å². The van der Waals surface area contributed by atoms with E-state index in [0.29, 0.717) is 5.16 Å². The lowest BCUT2D eigenvalue weighted by Gasteiger charge is -2.03. The van der Waals surface area contributed by atoms with Gasteiger partial charge in [-0.05, 0) is 11.9 Å². The molecule has 1 heterocycles. The molecular weight excluding hydrogens is 162 g/mol. The fourth-order valence-corrected chi connectivity index (χ4v) is 1.18. The lowest BCUT2D eigenvalue weighted by Crippen LogP contribution is -2.51. The minimum absolute atomic E-state index is 0.230. The average Bonchev–Trinajstić information content (AvgIpc) is 2.01. The van der Waals surface area contributed by atoms with Crippen LogP contribution in [0.4, 0.5) is 0 Å². The van der Waals surface area contributed by atoms with Gasteiger partial charge >= 0.3 is 0 Å². The van der Waals surface area contributed by atoms with E-state index >= 15 is 0 Å². The maximum Gasteiger partial charge on any atom is 0.187 e. The second kappa shape index (κ2) is 4.15. The summed E-state index contributed by atoms with van der Waals surface area (Å²) < 4.78 is 0. The minimum Gasteiger partial charge on any atom is -0.859 e. The second-order valence-electron chi connectivity index (χ2n) is 1.88. The van der Waals surface area contributed by atoms with Crippen LogP contribution in [0.2, 0.25) is 0 Å². The van der Waals surface area contributed by atoms with Crippen molar-refractivity contribution in [1.29, 1.82) is 0 Å². The molecular formula is C6H9N3OS. The van der Waals surface area contributed by atoms with Gasteiger partial charge in [-0.1, -0.05) is 11.8 Å². The molecule has 1 aromatic heterocycles. The maximum absolute atomic E-state index is 10.7. The van der Waals surface area contributed by atoms with Crippen LogP contribution < -0.4 is 10.8 Å². The number of quaternary nitrogens is 1. The van der Waals surface area contributed by atoms with Crippen molar-refractivity contribution in [2.75, 3.05) is 12.3 Å². The smallest absolute Gasteiger partial charge is 0.187 e. The Labute approximate surface area is 68.9 Å². The summed E-state index contributed by atoms with van der Waals surface area (Å²) in [5.41, 5.74) is 3.67. The Morgan fingerprint density at radius 3 is 3.09 bits per heavy atom. The molecule has 0 spiro atoms. The van der Waals surface area contributed by atoms with Gasteiger partial charge in [0.1, 0.15) is 0 Å². The Morgan fingerprint density at radius 2 is 2.45 bits per heavy atom. The predicted octanol–water partition coefficient (Wildman–Crippen LogP) is -1.12. The van der Waals surface area contributed by atoms with Crippen molar-refractivity contribution in [3.8, 4) is 5.88 Å². The maximum atomic E-state index is 10.7. The van der Waals surface area contributed by atoms with E-state index in [0.717, 1.165) is 12.3 Å². The number of aromatic nitrogens is 2. The van der Waals surface area contributed by atoms with Crippen molar-refractivity contribution in [1.82, 2.24) is 9.97 Å². The zero-order valence-electron chi connectivity index (χ0n) is 5.99. The number of thioether (sulfide) groups is 1. The summed E-state index contributed by atoms with van der Waals surface area (Å²) in [7, 11) is 0. The first-order chi connectivity index (χ1) is 5.33. The molecule has 0 aliphatic carbocycles. The van der Waals surface area contributed by atoms with Gasteiger partial charge in [0.2, 0.25) is 0 Å². The largest absolute Gasteiger partial charge is 0.859 e. The summed E-state index contributed by atoms with van der Waals surface area (Å²) >= 11 is 1.45. The van der Waals surface area contributed by atoms with Crippen molar-refractivity contribution < 1.29 is 10.8 Å². The highest BCUT2D eigenvalue weighted by Gasteiger charge is 1.93. The molecule has 0 radical (unpaired) electrons. The number of hydrogen-bond donors (Lipinski definition) is 1. The number of rotatable bonds is 3. The molecule has 0 bridgehead atoms. The molecule has 0 atom stereocenters. The molecule has 11 heavy (non-hydrogen) atoms. The van der Waals surface area contributed by atoms with Gasteiger partial charge in [0.05, 0.1) is 12.3 Å². The fourth-order valence-electron chi connectivity index (χ4n) is 0.558. The average molecular weight is 171 g/mol. The monoisotopic (exact) mass is 171 g/mol. The van der Waals surface area contributed by atoms with Gasteiger partial charge in [-0.2, -0.15) is 0 Å². The van der Waals surface area contributed by atoms with Crippen LogP contribution >= 0.6 is 11.8 Å². The highest BCUT2D eigenvalue weighted by Crippen LogP contribution is 2.11. The topological polar surface area (TPSA) is 76.5 Å². The van der Waals surface area contributed by atoms with Gasteiger partial charge < -0.3 is 10.8 Å². The Morgan fingerprint density at radius 1 is 1.64 bits per heavy atom. The normalized spacial score (nSPS) is 9.91. The summed E-state index contributed by atoms with van der Waals surface area (Å²) in [6.45, 7) is 0.817. The zero-order valence-corrected chi connectivity index (χ0v) is 6.80. The van der Waals surface area contributed by atoms with E-state index in [-0.39, 0.29) is 5.88 Å². The molecule has 0 saturated heterocycles. The molecule has 0 fully saturated rings. The first kappa shape index (κ1) is 8.29. The van der Waals surface area contributed by atoms with Crippen molar-refractivity contribution >= 4 is 11.8 Å². The van der Waals surface area contributed by atoms with E-state index in [4.69, 9.17) is 0 Å². The predicted molar refractivity (Wildman–Crippen MR) is 40.0 cm³/mol. The van der Waals surface area contributed by atoms with Crippen molar-refractivity contribution in [2.45, 2.75) is 5.16 Å². The standard InChI is InChI=1S/C6H9N3OS/c7-2-4-11-6-8-3-1-5(10)9-6/h1,3H,2,4,7H2,(H,8,9,10). The lowest BCUT2D eigenvalue weighted by atomic mass is 10.6. The quantitative estimate of drug-likeness (QED) is 0.462. The van der Waals surface area contributed by atoms with Crippen LogP contribution in [0.25, 0.3) is 0 Å². The van der Waals surface area contributed by atoms with Gasteiger partial charge in [-0.15, -0.1) is 0 Å². The summed E-state index contributed by atoms with van der Waals surface area (Å²) in [5.74, 6) is 0.621. The van der Waals surface area contributed by atoms with Crippen LogP contribution in [0.1, 0.15) is 0 Å². The van der Waals surface area contributed by atoms with E-state index in [2.05, 4.69) is 15.7 Å². The summed E-state index contributed by atoms with van der Waals surface area (Å²) in [4.78, 5) is 7.58. The molecule has 1 rings (SSSR count). The Balaban J connectivity index is 2.56. The van der Waals surface area contributed by atoms with Crippen molar-refractivity contribution in [3.05, 3.63) is 12.3 Å². The van der Waals surface area contributed by atoms with Gasteiger partial charge in [-0.3, -0.25) is 0 Å². The Kier molecular flexibility index (Phi) is 3.13. The summed E-state index contributed by atoms with van der Waals surface area (Å²) in [6, 6.07) is 1.34. The molecule has 0 aliphatic heterocycles. The van der Waals surface area contributed by atoms with Gasteiger partial charge in [-0.25, -0.2) is 9.97 Å². The van der Waals surface area contributed by atoms with Crippen LogP contribution in [0, 0.1) is 0 Å². The molecule has 5 heteroatoms. The van der Waals surface area contributed by atoms with Crippen LogP contribution in [0.3, 0.4) is 0 Å². The third-order valence-electron chi connectivity index (χ3n) is 0.983. The SMILES string of the molecule is [NH3+]CCSc1nccc([O-])n1. The molecule has 3 N–H and O–H groups in total. The molecule has 4 nitrogen and oxygen atoms in total. The van der Waals surface area contributed by atoms with E-state index in [1.165, 1.54) is 24.0 Å².